The molecule has 0 amide bonds. The fourth-order valence-corrected chi connectivity index (χ4v) is 3.46. The van der Waals surface area contributed by atoms with Crippen molar-refractivity contribution in [1.82, 2.24) is 10.2 Å². The molecule has 2 aromatic carbocycles. The first-order chi connectivity index (χ1) is 13.1. The Bertz CT molecular complexity index is 811. The Morgan fingerprint density at radius 1 is 1.14 bits per heavy atom. The molecule has 0 aliphatic heterocycles. The zero-order valence-electron chi connectivity index (χ0n) is 17.2. The summed E-state index contributed by atoms with van der Waals surface area (Å²) in [6.45, 7) is 2.84. The predicted molar refractivity (Wildman–Crippen MR) is 125 cm³/mol. The first-order valence-corrected chi connectivity index (χ1v) is 9.28. The highest BCUT2D eigenvalue weighted by atomic mass is 127. The molecule has 5 nitrogen and oxygen atoms in total. The van der Waals surface area contributed by atoms with Gasteiger partial charge in [0.15, 0.2) is 17.5 Å². The molecule has 0 aromatic heterocycles. The van der Waals surface area contributed by atoms with Gasteiger partial charge in [0.05, 0.1) is 14.2 Å². The molecule has 1 aliphatic rings. The van der Waals surface area contributed by atoms with E-state index in [1.54, 1.807) is 14.2 Å². The van der Waals surface area contributed by atoms with E-state index in [-0.39, 0.29) is 24.0 Å². The zero-order chi connectivity index (χ0) is 19.4. The average molecular weight is 495 g/mol. The van der Waals surface area contributed by atoms with E-state index >= 15 is 0 Å². The number of halogens is 1. The van der Waals surface area contributed by atoms with Gasteiger partial charge in [-0.05, 0) is 42.2 Å². The average Bonchev–Trinajstić information content (AvgIpc) is 3.47. The molecular weight excluding hydrogens is 465 g/mol. The van der Waals surface area contributed by atoms with Gasteiger partial charge in [0.1, 0.15) is 0 Å². The molecule has 3 rings (SSSR count). The normalized spacial score (nSPS) is 18.1. The van der Waals surface area contributed by atoms with Crippen molar-refractivity contribution in [3.8, 4) is 11.5 Å². The van der Waals surface area contributed by atoms with Gasteiger partial charge < -0.3 is 19.7 Å². The molecular formula is C22H30IN3O2. The molecule has 0 bridgehead atoms. The number of guanidine groups is 1. The molecule has 0 heterocycles. The molecule has 1 saturated carbocycles. The van der Waals surface area contributed by atoms with Crippen molar-refractivity contribution in [2.75, 3.05) is 28.3 Å². The number of nitrogens with one attached hydrogen (secondary N) is 1. The second-order valence-electron chi connectivity index (χ2n) is 7.04. The number of hydrogen-bond acceptors (Lipinski definition) is 3. The minimum Gasteiger partial charge on any atom is -0.493 e. The fraction of sp³-hybridized carbons (Fsp3) is 0.409. The summed E-state index contributed by atoms with van der Waals surface area (Å²) < 4.78 is 10.8. The summed E-state index contributed by atoms with van der Waals surface area (Å²) in [5.41, 5.74) is 3.75. The molecule has 1 N–H and O–H groups in total. The van der Waals surface area contributed by atoms with Crippen LogP contribution in [0.3, 0.4) is 0 Å². The lowest BCUT2D eigenvalue weighted by Gasteiger charge is -2.24. The number of aryl methyl sites for hydroxylation is 1. The lowest BCUT2D eigenvalue weighted by Crippen LogP contribution is -2.40. The van der Waals surface area contributed by atoms with E-state index in [1.807, 2.05) is 19.2 Å². The first-order valence-electron chi connectivity index (χ1n) is 9.28. The molecule has 152 valence electrons. The molecule has 2 aromatic rings. The van der Waals surface area contributed by atoms with E-state index in [2.05, 4.69) is 59.5 Å². The highest BCUT2D eigenvalue weighted by Crippen LogP contribution is 2.40. The van der Waals surface area contributed by atoms with E-state index < -0.39 is 0 Å². The molecule has 28 heavy (non-hydrogen) atoms. The van der Waals surface area contributed by atoms with Crippen LogP contribution < -0.4 is 14.8 Å². The Labute approximate surface area is 185 Å². The van der Waals surface area contributed by atoms with Gasteiger partial charge in [-0.15, -0.1) is 24.0 Å². The zero-order valence-corrected chi connectivity index (χ0v) is 19.6. The van der Waals surface area contributed by atoms with Gasteiger partial charge in [-0.1, -0.05) is 30.3 Å². The van der Waals surface area contributed by atoms with Gasteiger partial charge in [-0.3, -0.25) is 4.99 Å². The molecule has 1 fully saturated rings. The maximum atomic E-state index is 5.45. The van der Waals surface area contributed by atoms with Crippen LogP contribution in [-0.4, -0.2) is 45.2 Å². The highest BCUT2D eigenvalue weighted by molar-refractivity contribution is 14.0. The topological polar surface area (TPSA) is 46.1 Å². The molecule has 2 unspecified atom stereocenters. The van der Waals surface area contributed by atoms with Crippen molar-refractivity contribution in [3.63, 3.8) is 0 Å². The monoisotopic (exact) mass is 495 g/mol. The van der Waals surface area contributed by atoms with E-state index in [4.69, 9.17) is 9.47 Å². The van der Waals surface area contributed by atoms with Crippen molar-refractivity contribution in [3.05, 3.63) is 59.2 Å². The van der Waals surface area contributed by atoms with Gasteiger partial charge >= 0.3 is 0 Å². The second-order valence-corrected chi connectivity index (χ2v) is 7.04. The molecule has 0 saturated heterocycles. The van der Waals surface area contributed by atoms with Crippen LogP contribution in [0.4, 0.5) is 0 Å². The summed E-state index contributed by atoms with van der Waals surface area (Å²) in [6.07, 6.45) is 1.15. The summed E-state index contributed by atoms with van der Waals surface area (Å²) in [5.74, 6) is 2.99. The Morgan fingerprint density at radius 2 is 1.79 bits per heavy atom. The van der Waals surface area contributed by atoms with Crippen LogP contribution in [0.2, 0.25) is 0 Å². The van der Waals surface area contributed by atoms with Crippen molar-refractivity contribution < 1.29 is 9.47 Å². The highest BCUT2D eigenvalue weighted by Gasteiger charge is 2.39. The van der Waals surface area contributed by atoms with Crippen LogP contribution in [0.15, 0.2) is 47.5 Å². The minimum atomic E-state index is 0. The third kappa shape index (κ3) is 5.10. The second kappa shape index (κ2) is 10.0. The fourth-order valence-electron chi connectivity index (χ4n) is 3.46. The third-order valence-corrected chi connectivity index (χ3v) is 5.16. The number of nitrogens with zero attached hydrogens (tertiary/aromatic N) is 2. The molecule has 0 spiro atoms. The molecule has 2 atom stereocenters. The maximum absolute atomic E-state index is 5.45. The van der Waals surface area contributed by atoms with Crippen LogP contribution in [0.1, 0.15) is 29.0 Å². The van der Waals surface area contributed by atoms with E-state index in [9.17, 15) is 0 Å². The summed E-state index contributed by atoms with van der Waals surface area (Å²) in [5, 5.41) is 3.60. The summed E-state index contributed by atoms with van der Waals surface area (Å²) in [6, 6.07) is 15.2. The largest absolute Gasteiger partial charge is 0.493 e. The van der Waals surface area contributed by atoms with Crippen LogP contribution >= 0.6 is 24.0 Å². The van der Waals surface area contributed by atoms with Crippen molar-refractivity contribution in [2.24, 2.45) is 4.99 Å². The van der Waals surface area contributed by atoms with Crippen LogP contribution in [-0.2, 0) is 6.54 Å². The number of benzene rings is 2. The smallest absolute Gasteiger partial charge is 0.193 e. The standard InChI is InChI=1S/C22H29N3O2.HI/c1-15-11-20(26-4)21(27-5)12-17(15)14-25(3)22(23-2)24-19-13-18(19)16-9-7-6-8-10-16;/h6-12,18-19H,13-14H2,1-5H3,(H,23,24);1H. The van der Waals surface area contributed by atoms with Gasteiger partial charge in [0, 0.05) is 32.6 Å². The lowest BCUT2D eigenvalue weighted by molar-refractivity contribution is 0.353. The molecule has 0 radical (unpaired) electrons. The first kappa shape index (κ1) is 22.3. The molecule has 1 aliphatic carbocycles. The summed E-state index contributed by atoms with van der Waals surface area (Å²) >= 11 is 0. The number of ether oxygens (including phenoxy) is 2. The summed E-state index contributed by atoms with van der Waals surface area (Å²) in [4.78, 5) is 6.62. The van der Waals surface area contributed by atoms with Crippen molar-refractivity contribution >= 4 is 29.9 Å². The van der Waals surface area contributed by atoms with Gasteiger partial charge in [0.25, 0.3) is 0 Å². The Balaban J connectivity index is 0.00000280. The Kier molecular flexibility index (Phi) is 7.98. The number of hydrogen-bond donors (Lipinski definition) is 1. The van der Waals surface area contributed by atoms with E-state index in [0.29, 0.717) is 12.0 Å². The van der Waals surface area contributed by atoms with Crippen LogP contribution in [0.25, 0.3) is 0 Å². The quantitative estimate of drug-likeness (QED) is 0.371. The Morgan fingerprint density at radius 3 is 2.39 bits per heavy atom. The minimum absolute atomic E-state index is 0. The van der Waals surface area contributed by atoms with Crippen LogP contribution in [0, 0.1) is 6.92 Å². The van der Waals surface area contributed by atoms with E-state index in [1.165, 1.54) is 16.7 Å². The molecule has 6 heteroatoms. The van der Waals surface area contributed by atoms with Crippen LogP contribution in [0.5, 0.6) is 11.5 Å². The Hall–Kier alpha value is -1.96. The van der Waals surface area contributed by atoms with E-state index in [0.717, 1.165) is 30.4 Å². The summed E-state index contributed by atoms with van der Waals surface area (Å²) in [7, 11) is 7.22. The number of rotatable bonds is 6. The van der Waals surface area contributed by atoms with Crippen molar-refractivity contribution in [1.29, 1.82) is 0 Å². The third-order valence-electron chi connectivity index (χ3n) is 5.16. The van der Waals surface area contributed by atoms with Gasteiger partial charge in [-0.25, -0.2) is 0 Å². The number of aliphatic imine (C=N–C) groups is 1. The van der Waals surface area contributed by atoms with Crippen molar-refractivity contribution in [2.45, 2.75) is 31.8 Å². The SMILES string of the molecule is CN=C(NC1CC1c1ccccc1)N(C)Cc1cc(OC)c(OC)cc1C.I. The maximum Gasteiger partial charge on any atom is 0.193 e. The number of methoxy groups -OCH3 is 2. The lowest BCUT2D eigenvalue weighted by atomic mass is 10.1. The predicted octanol–water partition coefficient (Wildman–Crippen LogP) is 4.19. The van der Waals surface area contributed by atoms with Gasteiger partial charge in [0.2, 0.25) is 0 Å². The van der Waals surface area contributed by atoms with Gasteiger partial charge in [-0.2, -0.15) is 0 Å².